The van der Waals surface area contributed by atoms with Gasteiger partial charge in [-0.3, -0.25) is 4.79 Å². The Morgan fingerprint density at radius 3 is 2.67 bits per heavy atom. The monoisotopic (exact) mass is 217 g/mol. The first-order valence-corrected chi connectivity index (χ1v) is 5.36. The molecule has 0 unspecified atom stereocenters. The molecule has 0 aliphatic heterocycles. The van der Waals surface area contributed by atoms with E-state index in [1.807, 2.05) is 0 Å². The number of hydrogen-bond donors (Lipinski definition) is 2. The van der Waals surface area contributed by atoms with Crippen LogP contribution >= 0.6 is 0 Å². The molecule has 0 aromatic heterocycles. The van der Waals surface area contributed by atoms with Crippen LogP contribution in [0.2, 0.25) is 0 Å². The highest BCUT2D eigenvalue weighted by Crippen LogP contribution is 1.94. The number of rotatable bonds is 9. The molecule has 5 nitrogen and oxygen atoms in total. The number of nitrogens with zero attached hydrogens (tertiary/aromatic N) is 1. The highest BCUT2D eigenvalue weighted by molar-refractivity contribution is 5.75. The average molecular weight is 217 g/mol. The Hall–Kier alpha value is -0.650. The fourth-order valence-corrected chi connectivity index (χ4v) is 1.26. The highest BCUT2D eigenvalue weighted by Gasteiger charge is 2.06. The molecule has 15 heavy (non-hydrogen) atoms. The lowest BCUT2D eigenvalue weighted by Crippen LogP contribution is -2.33. The van der Waals surface area contributed by atoms with Gasteiger partial charge in [0.05, 0.1) is 6.61 Å². The van der Waals surface area contributed by atoms with Crippen molar-refractivity contribution >= 4 is 5.91 Å². The number of nitrogens with two attached hydrogens (primary N) is 1. The number of hydrogen-bond acceptors (Lipinski definition) is 4. The van der Waals surface area contributed by atoms with Gasteiger partial charge in [0.15, 0.2) is 0 Å². The Balaban J connectivity index is 3.72. The van der Waals surface area contributed by atoms with Crippen molar-refractivity contribution in [1.29, 1.82) is 0 Å². The van der Waals surface area contributed by atoms with Crippen LogP contribution in [0.25, 0.3) is 0 Å². The third-order valence-electron chi connectivity index (χ3n) is 2.22. The van der Waals surface area contributed by atoms with E-state index in [1.165, 1.54) is 0 Å². The predicted octanol–water partition coefficient (Wildman–Crippen LogP) is -0.580. The summed E-state index contributed by atoms with van der Waals surface area (Å²) in [6.07, 6.45) is 1.49. The predicted molar refractivity (Wildman–Crippen MR) is 60.7 cm³/mol. The van der Waals surface area contributed by atoms with Crippen LogP contribution in [0.15, 0.2) is 0 Å². The van der Waals surface area contributed by atoms with Crippen LogP contribution in [0.5, 0.6) is 0 Å². The molecule has 0 aromatic carbocycles. The van der Waals surface area contributed by atoms with Crippen molar-refractivity contribution in [3.05, 3.63) is 0 Å². The zero-order valence-electron chi connectivity index (χ0n) is 9.79. The lowest BCUT2D eigenvalue weighted by Gasteiger charge is -2.21. The van der Waals surface area contributed by atoms with Crippen LogP contribution in [0.1, 0.15) is 12.8 Å². The summed E-state index contributed by atoms with van der Waals surface area (Å²) < 4.78 is 5.01. The van der Waals surface area contributed by atoms with Gasteiger partial charge in [0.2, 0.25) is 5.91 Å². The maximum absolute atomic E-state index is 11.1. The van der Waals surface area contributed by atoms with Crippen LogP contribution in [0.4, 0.5) is 0 Å². The molecule has 90 valence electrons. The zero-order valence-corrected chi connectivity index (χ0v) is 9.79. The number of ether oxygens (including phenoxy) is 1. The summed E-state index contributed by atoms with van der Waals surface area (Å²) in [6.45, 7) is 3.93. The van der Waals surface area contributed by atoms with Gasteiger partial charge in [-0.2, -0.15) is 0 Å². The van der Waals surface area contributed by atoms with Crippen molar-refractivity contribution < 1.29 is 9.53 Å². The van der Waals surface area contributed by atoms with Gasteiger partial charge in [0.1, 0.15) is 0 Å². The molecule has 3 N–H and O–H groups in total. The maximum atomic E-state index is 11.1. The lowest BCUT2D eigenvalue weighted by molar-refractivity contribution is -0.120. The van der Waals surface area contributed by atoms with E-state index >= 15 is 0 Å². The van der Waals surface area contributed by atoms with Crippen molar-refractivity contribution in [2.24, 2.45) is 5.73 Å². The van der Waals surface area contributed by atoms with E-state index in [0.29, 0.717) is 19.6 Å². The molecule has 0 saturated carbocycles. The summed E-state index contributed by atoms with van der Waals surface area (Å²) in [5.41, 5.74) is 5.45. The molecule has 0 saturated heterocycles. The Morgan fingerprint density at radius 2 is 2.13 bits per heavy atom. The summed E-state index contributed by atoms with van der Waals surface area (Å²) in [5.74, 6) is 0.0742. The van der Waals surface area contributed by atoms with Gasteiger partial charge >= 0.3 is 0 Å². The van der Waals surface area contributed by atoms with Gasteiger partial charge in [0, 0.05) is 33.7 Å². The Labute approximate surface area is 91.9 Å². The molecular formula is C10H23N3O2. The molecule has 0 fully saturated rings. The van der Waals surface area contributed by atoms with Crippen LogP contribution in [-0.2, 0) is 9.53 Å². The summed E-state index contributed by atoms with van der Waals surface area (Å²) in [5, 5.41) is 2.61. The van der Waals surface area contributed by atoms with E-state index in [-0.39, 0.29) is 5.91 Å². The van der Waals surface area contributed by atoms with Gasteiger partial charge < -0.3 is 20.7 Å². The number of carbonyl (C=O) groups is 1. The third-order valence-corrected chi connectivity index (χ3v) is 2.22. The zero-order chi connectivity index (χ0) is 11.5. The average Bonchev–Trinajstić information content (AvgIpc) is 2.27. The van der Waals surface area contributed by atoms with Crippen molar-refractivity contribution in [3.8, 4) is 0 Å². The minimum atomic E-state index is 0.0742. The second-order valence-electron chi connectivity index (χ2n) is 3.40. The fraction of sp³-hybridized carbons (Fsp3) is 0.900. The van der Waals surface area contributed by atoms with Crippen LogP contribution in [-0.4, -0.2) is 57.8 Å². The highest BCUT2D eigenvalue weighted by atomic mass is 16.5. The number of methoxy groups -OCH3 is 1. The molecule has 1 amide bonds. The molecule has 5 heteroatoms. The van der Waals surface area contributed by atoms with Crippen LogP contribution in [0.3, 0.4) is 0 Å². The van der Waals surface area contributed by atoms with E-state index in [1.54, 1.807) is 14.2 Å². The molecule has 0 aliphatic rings. The van der Waals surface area contributed by atoms with Crippen molar-refractivity contribution in [3.63, 3.8) is 0 Å². The topological polar surface area (TPSA) is 67.6 Å². The summed E-state index contributed by atoms with van der Waals surface area (Å²) in [4.78, 5) is 13.3. The molecule has 0 aromatic rings. The smallest absolute Gasteiger partial charge is 0.221 e. The molecule has 0 spiro atoms. The van der Waals surface area contributed by atoms with Gasteiger partial charge in [-0.25, -0.2) is 0 Å². The van der Waals surface area contributed by atoms with E-state index in [4.69, 9.17) is 10.5 Å². The maximum Gasteiger partial charge on any atom is 0.221 e. The first kappa shape index (κ1) is 14.3. The van der Waals surface area contributed by atoms with E-state index in [0.717, 1.165) is 26.1 Å². The van der Waals surface area contributed by atoms with Gasteiger partial charge in [0.25, 0.3) is 0 Å². The number of amides is 1. The molecule has 0 rings (SSSR count). The quantitative estimate of drug-likeness (QED) is 0.542. The van der Waals surface area contributed by atoms with E-state index < -0.39 is 0 Å². The van der Waals surface area contributed by atoms with Gasteiger partial charge in [-0.1, -0.05) is 0 Å². The minimum Gasteiger partial charge on any atom is -0.383 e. The van der Waals surface area contributed by atoms with E-state index in [2.05, 4.69) is 10.2 Å². The largest absolute Gasteiger partial charge is 0.383 e. The third kappa shape index (κ3) is 8.35. The molecule has 0 bridgehead atoms. The summed E-state index contributed by atoms with van der Waals surface area (Å²) in [7, 11) is 3.33. The Morgan fingerprint density at radius 1 is 1.40 bits per heavy atom. The number of carbonyl (C=O) groups excluding carboxylic acids is 1. The number of nitrogens with one attached hydrogen (secondary N) is 1. The van der Waals surface area contributed by atoms with E-state index in [9.17, 15) is 4.79 Å². The van der Waals surface area contributed by atoms with Crippen molar-refractivity contribution in [2.75, 3.05) is 46.9 Å². The Kier molecular flexibility index (Phi) is 9.46. The first-order valence-electron chi connectivity index (χ1n) is 5.36. The molecule has 0 heterocycles. The minimum absolute atomic E-state index is 0.0742. The summed E-state index contributed by atoms with van der Waals surface area (Å²) in [6, 6.07) is 0. The van der Waals surface area contributed by atoms with Crippen molar-refractivity contribution in [2.45, 2.75) is 12.8 Å². The Bertz CT molecular complexity index is 157. The van der Waals surface area contributed by atoms with Crippen LogP contribution in [0, 0.1) is 0 Å². The standard InChI is InChI=1S/C10H23N3O2/c1-12-10(14)4-7-13(6-3-5-11)8-9-15-2/h3-9,11H2,1-2H3,(H,12,14). The SMILES string of the molecule is CNC(=O)CCN(CCCN)CCOC. The normalized spacial score (nSPS) is 10.7. The lowest BCUT2D eigenvalue weighted by atomic mass is 10.3. The molecule has 0 radical (unpaired) electrons. The molecular weight excluding hydrogens is 194 g/mol. The second-order valence-corrected chi connectivity index (χ2v) is 3.40. The van der Waals surface area contributed by atoms with Crippen molar-refractivity contribution in [1.82, 2.24) is 10.2 Å². The molecule has 0 aliphatic carbocycles. The summed E-state index contributed by atoms with van der Waals surface area (Å²) >= 11 is 0. The first-order chi connectivity index (χ1) is 7.24. The van der Waals surface area contributed by atoms with Gasteiger partial charge in [-0.05, 0) is 19.5 Å². The fourth-order valence-electron chi connectivity index (χ4n) is 1.26. The van der Waals surface area contributed by atoms with Gasteiger partial charge in [-0.15, -0.1) is 0 Å². The van der Waals surface area contributed by atoms with Crippen LogP contribution < -0.4 is 11.1 Å². The second kappa shape index (κ2) is 9.89. The molecule has 0 atom stereocenters.